The molecule has 0 amide bonds. The van der Waals surface area contributed by atoms with Gasteiger partial charge in [0.15, 0.2) is 0 Å². The van der Waals surface area contributed by atoms with Gasteiger partial charge in [0, 0.05) is 12.5 Å². The molecular formula is C9H16F3NO. The van der Waals surface area contributed by atoms with Crippen LogP contribution in [0.15, 0.2) is 11.3 Å². The maximum atomic E-state index is 12.3. The number of aliphatic hydroxyl groups excluding tert-OH is 1. The van der Waals surface area contributed by atoms with E-state index in [1.165, 1.54) is 0 Å². The molecule has 0 saturated carbocycles. The molecule has 0 heterocycles. The minimum absolute atomic E-state index is 0.132. The molecule has 0 spiro atoms. The number of aliphatic hydroxyl groups is 1. The maximum Gasteiger partial charge on any atom is 0.395 e. The van der Waals surface area contributed by atoms with E-state index < -0.39 is 12.1 Å². The van der Waals surface area contributed by atoms with Crippen LogP contribution in [0.1, 0.15) is 20.8 Å². The zero-order valence-corrected chi connectivity index (χ0v) is 8.52. The van der Waals surface area contributed by atoms with Crippen molar-refractivity contribution >= 4 is 0 Å². The number of hydrogen-bond acceptors (Lipinski definition) is 2. The van der Waals surface area contributed by atoms with Gasteiger partial charge in [0.2, 0.25) is 0 Å². The van der Waals surface area contributed by atoms with Crippen molar-refractivity contribution in [3.05, 3.63) is 11.3 Å². The van der Waals surface area contributed by atoms with Crippen molar-refractivity contribution in [3.63, 3.8) is 0 Å². The minimum atomic E-state index is -4.35. The lowest BCUT2D eigenvalue weighted by Gasteiger charge is -2.20. The first-order chi connectivity index (χ1) is 6.21. The van der Waals surface area contributed by atoms with E-state index in [1.807, 2.05) is 0 Å². The lowest BCUT2D eigenvalue weighted by atomic mass is 9.95. The summed E-state index contributed by atoms with van der Waals surface area (Å²) in [5, 5.41) is 9.42. The first-order valence-corrected chi connectivity index (χ1v) is 4.40. The molecule has 14 heavy (non-hydrogen) atoms. The Kier molecular flexibility index (Phi) is 4.45. The Bertz CT molecular complexity index is 221. The van der Waals surface area contributed by atoms with E-state index in [0.29, 0.717) is 0 Å². The summed E-state index contributed by atoms with van der Waals surface area (Å²) in [7, 11) is 0. The number of halogens is 3. The molecule has 0 radical (unpaired) electrons. The topological polar surface area (TPSA) is 46.2 Å². The largest absolute Gasteiger partial charge is 0.512 e. The van der Waals surface area contributed by atoms with Crippen LogP contribution in [-0.2, 0) is 0 Å². The third kappa shape index (κ3) is 3.21. The Hall–Kier alpha value is -0.710. The SMILES string of the molecule is CC(C)/C(O)=C(/CN)C(C)C(F)(F)F. The smallest absolute Gasteiger partial charge is 0.395 e. The van der Waals surface area contributed by atoms with Crippen LogP contribution in [-0.4, -0.2) is 17.8 Å². The third-order valence-corrected chi connectivity index (χ3v) is 2.11. The molecule has 0 aromatic heterocycles. The van der Waals surface area contributed by atoms with Crippen LogP contribution >= 0.6 is 0 Å². The zero-order valence-electron chi connectivity index (χ0n) is 8.52. The molecule has 0 bridgehead atoms. The van der Waals surface area contributed by atoms with Crippen LogP contribution in [0.2, 0.25) is 0 Å². The maximum absolute atomic E-state index is 12.3. The van der Waals surface area contributed by atoms with E-state index in [9.17, 15) is 18.3 Å². The number of allylic oxidation sites excluding steroid dienone is 1. The second-order valence-corrected chi connectivity index (χ2v) is 3.53. The molecule has 1 atom stereocenters. The van der Waals surface area contributed by atoms with Crippen LogP contribution in [0.25, 0.3) is 0 Å². The summed E-state index contributed by atoms with van der Waals surface area (Å²) in [5.41, 5.74) is 5.06. The molecule has 0 aliphatic rings. The van der Waals surface area contributed by atoms with Crippen LogP contribution < -0.4 is 5.73 Å². The van der Waals surface area contributed by atoms with E-state index in [4.69, 9.17) is 5.73 Å². The number of alkyl halides is 3. The summed E-state index contributed by atoms with van der Waals surface area (Å²) in [6.07, 6.45) is -4.35. The monoisotopic (exact) mass is 211 g/mol. The van der Waals surface area contributed by atoms with Gasteiger partial charge in [-0.15, -0.1) is 0 Å². The van der Waals surface area contributed by atoms with Gasteiger partial charge in [-0.05, 0) is 12.5 Å². The molecular weight excluding hydrogens is 195 g/mol. The second kappa shape index (κ2) is 4.68. The van der Waals surface area contributed by atoms with Gasteiger partial charge in [0.25, 0.3) is 0 Å². The van der Waals surface area contributed by atoms with Crippen LogP contribution in [0.5, 0.6) is 0 Å². The minimum Gasteiger partial charge on any atom is -0.512 e. The quantitative estimate of drug-likeness (QED) is 0.705. The Balaban J connectivity index is 5.00. The predicted molar refractivity (Wildman–Crippen MR) is 48.8 cm³/mol. The molecule has 1 unspecified atom stereocenters. The zero-order chi connectivity index (χ0) is 11.5. The summed E-state index contributed by atoms with van der Waals surface area (Å²) < 4.78 is 36.9. The summed E-state index contributed by atoms with van der Waals surface area (Å²) >= 11 is 0. The average Bonchev–Trinajstić information content (AvgIpc) is 2.03. The lowest BCUT2D eigenvalue weighted by molar-refractivity contribution is -0.160. The number of hydrogen-bond donors (Lipinski definition) is 2. The Morgan fingerprint density at radius 1 is 1.29 bits per heavy atom. The number of rotatable bonds is 3. The molecule has 0 aromatic rings. The molecule has 84 valence electrons. The van der Waals surface area contributed by atoms with Gasteiger partial charge in [0.1, 0.15) is 0 Å². The van der Waals surface area contributed by atoms with E-state index in [-0.39, 0.29) is 23.8 Å². The first kappa shape index (κ1) is 13.3. The standard InChI is InChI=1S/C9H16F3NO/c1-5(2)8(14)7(4-13)6(3)9(10,11)12/h5-6,14H,4,13H2,1-3H3/b8-7+. The summed E-state index contributed by atoms with van der Waals surface area (Å²) in [6.45, 7) is 3.97. The number of nitrogens with two attached hydrogens (primary N) is 1. The molecule has 0 aromatic carbocycles. The Labute approximate surface area is 81.6 Å². The highest BCUT2D eigenvalue weighted by molar-refractivity contribution is 5.15. The van der Waals surface area contributed by atoms with E-state index in [0.717, 1.165) is 6.92 Å². The fraction of sp³-hybridized carbons (Fsp3) is 0.778. The van der Waals surface area contributed by atoms with E-state index in [1.54, 1.807) is 13.8 Å². The molecule has 0 fully saturated rings. The average molecular weight is 211 g/mol. The van der Waals surface area contributed by atoms with Gasteiger partial charge in [0.05, 0.1) is 11.7 Å². The van der Waals surface area contributed by atoms with E-state index >= 15 is 0 Å². The second-order valence-electron chi connectivity index (χ2n) is 3.53. The fourth-order valence-corrected chi connectivity index (χ4v) is 1.07. The molecule has 3 N–H and O–H groups in total. The Morgan fingerprint density at radius 3 is 1.93 bits per heavy atom. The third-order valence-electron chi connectivity index (χ3n) is 2.11. The van der Waals surface area contributed by atoms with Gasteiger partial charge in [-0.1, -0.05) is 13.8 Å². The predicted octanol–water partition coefficient (Wildman–Crippen LogP) is 2.61. The normalized spacial score (nSPS) is 16.9. The highest BCUT2D eigenvalue weighted by Crippen LogP contribution is 2.33. The Morgan fingerprint density at radius 2 is 1.71 bits per heavy atom. The van der Waals surface area contributed by atoms with Gasteiger partial charge in [-0.3, -0.25) is 0 Å². The molecule has 0 rings (SSSR count). The van der Waals surface area contributed by atoms with E-state index in [2.05, 4.69) is 0 Å². The summed E-state index contributed by atoms with van der Waals surface area (Å²) in [6, 6.07) is 0. The van der Waals surface area contributed by atoms with Gasteiger partial charge in [-0.2, -0.15) is 13.2 Å². The van der Waals surface area contributed by atoms with Crippen molar-refractivity contribution in [1.29, 1.82) is 0 Å². The van der Waals surface area contributed by atoms with Gasteiger partial charge in [-0.25, -0.2) is 0 Å². The van der Waals surface area contributed by atoms with Crippen molar-refractivity contribution in [2.24, 2.45) is 17.6 Å². The van der Waals surface area contributed by atoms with Gasteiger partial charge >= 0.3 is 6.18 Å². The van der Waals surface area contributed by atoms with Crippen LogP contribution in [0, 0.1) is 11.8 Å². The highest BCUT2D eigenvalue weighted by Gasteiger charge is 2.39. The van der Waals surface area contributed by atoms with Crippen LogP contribution in [0.4, 0.5) is 13.2 Å². The van der Waals surface area contributed by atoms with Crippen molar-refractivity contribution in [2.75, 3.05) is 6.54 Å². The van der Waals surface area contributed by atoms with Gasteiger partial charge < -0.3 is 10.8 Å². The van der Waals surface area contributed by atoms with Crippen molar-refractivity contribution in [2.45, 2.75) is 26.9 Å². The molecule has 0 aliphatic heterocycles. The summed E-state index contributed by atoms with van der Waals surface area (Å²) in [5.74, 6) is -2.27. The fourth-order valence-electron chi connectivity index (χ4n) is 1.07. The molecule has 0 saturated heterocycles. The lowest BCUT2D eigenvalue weighted by Crippen LogP contribution is -2.27. The molecule has 2 nitrogen and oxygen atoms in total. The van der Waals surface area contributed by atoms with Crippen molar-refractivity contribution in [3.8, 4) is 0 Å². The first-order valence-electron chi connectivity index (χ1n) is 4.40. The van der Waals surface area contributed by atoms with Crippen LogP contribution in [0.3, 0.4) is 0 Å². The highest BCUT2D eigenvalue weighted by atomic mass is 19.4. The summed E-state index contributed by atoms with van der Waals surface area (Å²) in [4.78, 5) is 0. The van der Waals surface area contributed by atoms with Crippen molar-refractivity contribution < 1.29 is 18.3 Å². The molecule has 5 heteroatoms. The molecule has 0 aliphatic carbocycles. The van der Waals surface area contributed by atoms with Crippen molar-refractivity contribution in [1.82, 2.24) is 0 Å².